The number of carbonyl (C=O) groups is 1. The molecule has 1 N–H and O–H groups in total. The fraction of sp³-hybridized carbons (Fsp3) is 0.308. The minimum Gasteiger partial charge on any atom is -0.493 e. The second-order valence-electron chi connectivity index (χ2n) is 3.86. The average Bonchev–Trinajstić information content (AvgIpc) is 2.70. The van der Waals surface area contributed by atoms with Gasteiger partial charge in [-0.2, -0.15) is 0 Å². The number of carboxylic acid groups (broad SMARTS) is 1. The molecule has 0 bridgehead atoms. The molecule has 0 saturated heterocycles. The van der Waals surface area contributed by atoms with Crippen molar-refractivity contribution in [3.8, 4) is 5.75 Å². The maximum absolute atomic E-state index is 10.7. The van der Waals surface area contributed by atoms with Gasteiger partial charge < -0.3 is 14.3 Å². The summed E-state index contributed by atoms with van der Waals surface area (Å²) in [4.78, 5) is 10.7. The average molecular weight is 234 g/mol. The van der Waals surface area contributed by atoms with Gasteiger partial charge in [0.15, 0.2) is 11.3 Å². The first-order valence-corrected chi connectivity index (χ1v) is 5.44. The molecule has 0 aliphatic rings. The van der Waals surface area contributed by atoms with E-state index in [-0.39, 0.29) is 6.42 Å². The summed E-state index contributed by atoms with van der Waals surface area (Å²) >= 11 is 0. The van der Waals surface area contributed by atoms with E-state index >= 15 is 0 Å². The van der Waals surface area contributed by atoms with Gasteiger partial charge in [-0.05, 0) is 24.1 Å². The Hall–Kier alpha value is -1.97. The number of carboxylic acids is 1. The van der Waals surface area contributed by atoms with Crippen LogP contribution in [-0.4, -0.2) is 18.2 Å². The maximum atomic E-state index is 10.7. The molecule has 1 aromatic heterocycles. The van der Waals surface area contributed by atoms with Crippen LogP contribution in [0.2, 0.25) is 0 Å². The molecule has 2 aromatic rings. The summed E-state index contributed by atoms with van der Waals surface area (Å²) in [7, 11) is 1.58. The number of aryl methyl sites for hydroxylation is 1. The Morgan fingerprint density at radius 3 is 2.82 bits per heavy atom. The first-order valence-electron chi connectivity index (χ1n) is 5.44. The van der Waals surface area contributed by atoms with Gasteiger partial charge in [-0.1, -0.05) is 6.92 Å². The summed E-state index contributed by atoms with van der Waals surface area (Å²) in [5.41, 5.74) is 2.39. The highest BCUT2D eigenvalue weighted by atomic mass is 16.5. The zero-order valence-electron chi connectivity index (χ0n) is 9.82. The van der Waals surface area contributed by atoms with Crippen LogP contribution in [0.1, 0.15) is 18.1 Å². The molecular weight excluding hydrogens is 220 g/mol. The van der Waals surface area contributed by atoms with Crippen LogP contribution in [0.25, 0.3) is 11.0 Å². The number of aliphatic carboxylic acids is 1. The minimum atomic E-state index is -0.867. The summed E-state index contributed by atoms with van der Waals surface area (Å²) in [6, 6.07) is 3.87. The smallest absolute Gasteiger partial charge is 0.307 e. The third kappa shape index (κ3) is 2.11. The fourth-order valence-corrected chi connectivity index (χ4v) is 1.87. The molecule has 0 spiro atoms. The number of hydrogen-bond donors (Lipinski definition) is 1. The fourth-order valence-electron chi connectivity index (χ4n) is 1.87. The van der Waals surface area contributed by atoms with Gasteiger partial charge in [-0.25, -0.2) is 0 Å². The van der Waals surface area contributed by atoms with E-state index in [1.165, 1.54) is 6.26 Å². The first kappa shape index (κ1) is 11.5. The number of methoxy groups -OCH3 is 1. The van der Waals surface area contributed by atoms with Crippen molar-refractivity contribution < 1.29 is 19.1 Å². The molecule has 4 heteroatoms. The lowest BCUT2D eigenvalue weighted by molar-refractivity contribution is -0.136. The molecule has 1 aromatic carbocycles. The van der Waals surface area contributed by atoms with E-state index in [4.69, 9.17) is 14.3 Å². The van der Waals surface area contributed by atoms with Crippen LogP contribution in [-0.2, 0) is 17.6 Å². The molecule has 17 heavy (non-hydrogen) atoms. The first-order chi connectivity index (χ1) is 8.15. The van der Waals surface area contributed by atoms with Crippen molar-refractivity contribution in [2.24, 2.45) is 0 Å². The zero-order valence-corrected chi connectivity index (χ0v) is 9.82. The predicted molar refractivity (Wildman–Crippen MR) is 63.5 cm³/mol. The molecule has 0 amide bonds. The largest absolute Gasteiger partial charge is 0.493 e. The number of ether oxygens (including phenoxy) is 1. The van der Waals surface area contributed by atoms with E-state index in [2.05, 4.69) is 0 Å². The summed E-state index contributed by atoms with van der Waals surface area (Å²) in [5.74, 6) is -0.218. The summed E-state index contributed by atoms with van der Waals surface area (Å²) < 4.78 is 10.6. The lowest BCUT2D eigenvalue weighted by Crippen LogP contribution is -1.99. The number of rotatable bonds is 4. The Morgan fingerprint density at radius 1 is 1.47 bits per heavy atom. The molecule has 0 unspecified atom stereocenters. The quantitative estimate of drug-likeness (QED) is 0.883. The van der Waals surface area contributed by atoms with Crippen molar-refractivity contribution >= 4 is 16.9 Å². The zero-order chi connectivity index (χ0) is 12.4. The third-order valence-electron chi connectivity index (χ3n) is 2.75. The Kier molecular flexibility index (Phi) is 3.04. The van der Waals surface area contributed by atoms with Crippen LogP contribution in [0, 0.1) is 0 Å². The number of benzene rings is 1. The van der Waals surface area contributed by atoms with Gasteiger partial charge in [0.05, 0.1) is 19.8 Å². The standard InChI is InChI=1S/C13H14O4/c1-3-8-4-10-9(6-12(14)15)7-17-13(10)11(5-8)16-2/h4-5,7H,3,6H2,1-2H3,(H,14,15). The molecule has 0 fully saturated rings. The van der Waals surface area contributed by atoms with Gasteiger partial charge in [0.1, 0.15) is 0 Å². The molecule has 0 atom stereocenters. The highest BCUT2D eigenvalue weighted by Gasteiger charge is 2.14. The predicted octanol–water partition coefficient (Wildman–Crippen LogP) is 2.63. The van der Waals surface area contributed by atoms with Gasteiger partial charge in [0.25, 0.3) is 0 Å². The van der Waals surface area contributed by atoms with Crippen LogP contribution < -0.4 is 4.74 Å². The SMILES string of the molecule is CCc1cc(OC)c2occ(CC(=O)O)c2c1. The molecule has 0 saturated carbocycles. The number of furan rings is 1. The maximum Gasteiger partial charge on any atom is 0.307 e. The Bertz CT molecular complexity index is 554. The van der Waals surface area contributed by atoms with Crippen molar-refractivity contribution in [3.63, 3.8) is 0 Å². The van der Waals surface area contributed by atoms with E-state index in [0.29, 0.717) is 16.9 Å². The van der Waals surface area contributed by atoms with Gasteiger partial charge in [0.2, 0.25) is 0 Å². The van der Waals surface area contributed by atoms with E-state index in [0.717, 1.165) is 17.4 Å². The molecular formula is C13H14O4. The molecule has 2 rings (SSSR count). The molecule has 0 aliphatic carbocycles. The normalized spacial score (nSPS) is 10.7. The lowest BCUT2D eigenvalue weighted by atomic mass is 10.1. The van der Waals surface area contributed by atoms with Gasteiger partial charge in [-0.3, -0.25) is 4.79 Å². The summed E-state index contributed by atoms with van der Waals surface area (Å²) in [5, 5.41) is 9.65. The van der Waals surface area contributed by atoms with E-state index in [9.17, 15) is 4.79 Å². The van der Waals surface area contributed by atoms with Crippen LogP contribution in [0.15, 0.2) is 22.8 Å². The Labute approximate surface area is 98.8 Å². The van der Waals surface area contributed by atoms with Crippen molar-refractivity contribution in [2.75, 3.05) is 7.11 Å². The lowest BCUT2D eigenvalue weighted by Gasteiger charge is -2.04. The highest BCUT2D eigenvalue weighted by Crippen LogP contribution is 2.31. The van der Waals surface area contributed by atoms with Gasteiger partial charge in [-0.15, -0.1) is 0 Å². The van der Waals surface area contributed by atoms with Crippen molar-refractivity contribution in [3.05, 3.63) is 29.5 Å². The minimum absolute atomic E-state index is 0.0384. The van der Waals surface area contributed by atoms with Crippen LogP contribution >= 0.6 is 0 Å². The number of hydrogen-bond acceptors (Lipinski definition) is 3. The molecule has 1 heterocycles. The van der Waals surface area contributed by atoms with Crippen LogP contribution in [0.4, 0.5) is 0 Å². The second kappa shape index (κ2) is 4.49. The van der Waals surface area contributed by atoms with Crippen molar-refractivity contribution in [1.29, 1.82) is 0 Å². The molecule has 90 valence electrons. The van der Waals surface area contributed by atoms with Gasteiger partial charge in [0, 0.05) is 10.9 Å². The molecule has 0 radical (unpaired) electrons. The van der Waals surface area contributed by atoms with E-state index in [1.54, 1.807) is 7.11 Å². The third-order valence-corrected chi connectivity index (χ3v) is 2.75. The van der Waals surface area contributed by atoms with Crippen molar-refractivity contribution in [1.82, 2.24) is 0 Å². The Morgan fingerprint density at radius 2 is 2.24 bits per heavy atom. The highest BCUT2D eigenvalue weighted by molar-refractivity contribution is 5.89. The second-order valence-corrected chi connectivity index (χ2v) is 3.86. The summed E-state index contributed by atoms with van der Waals surface area (Å²) in [6.07, 6.45) is 2.31. The molecule has 0 aliphatic heterocycles. The van der Waals surface area contributed by atoms with Crippen LogP contribution in [0.5, 0.6) is 5.75 Å². The number of fused-ring (bicyclic) bond motifs is 1. The van der Waals surface area contributed by atoms with E-state index < -0.39 is 5.97 Å². The van der Waals surface area contributed by atoms with Crippen LogP contribution in [0.3, 0.4) is 0 Å². The Balaban J connectivity index is 2.61. The summed E-state index contributed by atoms with van der Waals surface area (Å²) in [6.45, 7) is 2.04. The topological polar surface area (TPSA) is 59.7 Å². The molecule has 4 nitrogen and oxygen atoms in total. The van der Waals surface area contributed by atoms with Crippen molar-refractivity contribution in [2.45, 2.75) is 19.8 Å². The van der Waals surface area contributed by atoms with E-state index in [1.807, 2.05) is 19.1 Å². The monoisotopic (exact) mass is 234 g/mol. The van der Waals surface area contributed by atoms with Gasteiger partial charge >= 0.3 is 5.97 Å².